The number of benzene rings is 1. The molecular formula is C22H24N4O3S. The van der Waals surface area contributed by atoms with Crippen LogP contribution in [0.25, 0.3) is 10.9 Å². The lowest BCUT2D eigenvalue weighted by molar-refractivity contribution is -0.132. The molecule has 2 aromatic heterocycles. The first-order valence-electron chi connectivity index (χ1n) is 10.1. The fourth-order valence-electron chi connectivity index (χ4n) is 3.77. The van der Waals surface area contributed by atoms with Gasteiger partial charge < -0.3 is 9.80 Å². The lowest BCUT2D eigenvalue weighted by Gasteiger charge is -2.34. The summed E-state index contributed by atoms with van der Waals surface area (Å²) in [7, 11) is 0. The minimum atomic E-state index is -0.0724. The summed E-state index contributed by atoms with van der Waals surface area (Å²) in [5.41, 5.74) is 1.63. The molecule has 1 aromatic carbocycles. The smallest absolute Gasteiger partial charge is 0.264 e. The zero-order valence-corrected chi connectivity index (χ0v) is 17.7. The second-order valence-corrected chi connectivity index (χ2v) is 8.42. The van der Waals surface area contributed by atoms with Crippen LogP contribution in [-0.4, -0.2) is 57.3 Å². The molecule has 7 nitrogen and oxygen atoms in total. The molecule has 1 aliphatic heterocycles. The molecule has 1 saturated heterocycles. The average molecular weight is 425 g/mol. The highest BCUT2D eigenvalue weighted by Gasteiger charge is 2.25. The van der Waals surface area contributed by atoms with Gasteiger partial charge in [0.1, 0.15) is 0 Å². The third-order valence-corrected chi connectivity index (χ3v) is 6.35. The molecule has 0 unspecified atom stereocenters. The van der Waals surface area contributed by atoms with E-state index in [9.17, 15) is 14.4 Å². The Morgan fingerprint density at radius 3 is 2.57 bits per heavy atom. The summed E-state index contributed by atoms with van der Waals surface area (Å²) in [5, 5.41) is 2.50. The topological polar surface area (TPSA) is 75.5 Å². The van der Waals surface area contributed by atoms with Crippen molar-refractivity contribution in [3.05, 3.63) is 62.8 Å². The number of rotatable bonds is 5. The van der Waals surface area contributed by atoms with E-state index in [2.05, 4.69) is 4.98 Å². The van der Waals surface area contributed by atoms with Gasteiger partial charge in [-0.3, -0.25) is 19.0 Å². The SMILES string of the molecule is Cc1cccc2c(=O)n(CCCC(=O)N3CCN(C(=O)c4cccs4)CC3)cnc12. The molecule has 2 amide bonds. The maximum atomic E-state index is 12.6. The first kappa shape index (κ1) is 20.3. The molecule has 0 bridgehead atoms. The van der Waals surface area contributed by atoms with Gasteiger partial charge in [-0.2, -0.15) is 0 Å². The number of para-hydroxylation sites is 1. The molecule has 0 atom stereocenters. The highest BCUT2D eigenvalue weighted by atomic mass is 32.1. The first-order chi connectivity index (χ1) is 14.5. The fourth-order valence-corrected chi connectivity index (χ4v) is 4.46. The van der Waals surface area contributed by atoms with Crippen molar-refractivity contribution >= 4 is 34.1 Å². The monoisotopic (exact) mass is 424 g/mol. The Hall–Kier alpha value is -3.00. The molecule has 8 heteroatoms. The second kappa shape index (κ2) is 8.79. The highest BCUT2D eigenvalue weighted by Crippen LogP contribution is 2.15. The predicted octanol–water partition coefficient (Wildman–Crippen LogP) is 2.53. The van der Waals surface area contributed by atoms with Crippen LogP contribution in [-0.2, 0) is 11.3 Å². The van der Waals surface area contributed by atoms with Crippen LogP contribution in [0.3, 0.4) is 0 Å². The number of nitrogens with zero attached hydrogens (tertiary/aromatic N) is 4. The van der Waals surface area contributed by atoms with Gasteiger partial charge >= 0.3 is 0 Å². The van der Waals surface area contributed by atoms with Gasteiger partial charge in [0.15, 0.2) is 0 Å². The molecule has 0 radical (unpaired) electrons. The summed E-state index contributed by atoms with van der Waals surface area (Å²) in [4.78, 5) is 46.4. The maximum Gasteiger partial charge on any atom is 0.264 e. The van der Waals surface area contributed by atoms with E-state index in [4.69, 9.17) is 0 Å². The van der Waals surface area contributed by atoms with Crippen LogP contribution in [0.4, 0.5) is 0 Å². The number of aromatic nitrogens is 2. The highest BCUT2D eigenvalue weighted by molar-refractivity contribution is 7.12. The molecule has 0 spiro atoms. The molecule has 0 N–H and O–H groups in total. The van der Waals surface area contributed by atoms with Crippen molar-refractivity contribution in [1.29, 1.82) is 0 Å². The van der Waals surface area contributed by atoms with E-state index >= 15 is 0 Å². The first-order valence-corrected chi connectivity index (χ1v) is 11.0. The Bertz CT molecular complexity index is 1120. The van der Waals surface area contributed by atoms with E-state index in [0.717, 1.165) is 16.0 Å². The summed E-state index contributed by atoms with van der Waals surface area (Å²) in [5.74, 6) is 0.103. The molecule has 3 heterocycles. The van der Waals surface area contributed by atoms with Gasteiger partial charge in [0, 0.05) is 39.1 Å². The van der Waals surface area contributed by atoms with E-state index < -0.39 is 0 Å². The molecule has 0 saturated carbocycles. The van der Waals surface area contributed by atoms with Crippen molar-refractivity contribution in [2.45, 2.75) is 26.3 Å². The lowest BCUT2D eigenvalue weighted by Crippen LogP contribution is -2.50. The summed E-state index contributed by atoms with van der Waals surface area (Å²) < 4.78 is 1.58. The summed E-state index contributed by atoms with van der Waals surface area (Å²) in [6.45, 7) is 4.59. The number of carbonyl (C=O) groups excluding carboxylic acids is 2. The van der Waals surface area contributed by atoms with Crippen LogP contribution in [0.1, 0.15) is 28.1 Å². The van der Waals surface area contributed by atoms with Crippen LogP contribution in [0.15, 0.2) is 46.8 Å². The van der Waals surface area contributed by atoms with Gasteiger partial charge in [0.2, 0.25) is 5.91 Å². The zero-order chi connectivity index (χ0) is 21.1. The van der Waals surface area contributed by atoms with Crippen molar-refractivity contribution in [3.8, 4) is 0 Å². The van der Waals surface area contributed by atoms with Crippen LogP contribution in [0.2, 0.25) is 0 Å². The number of carbonyl (C=O) groups is 2. The number of fused-ring (bicyclic) bond motifs is 1. The summed E-state index contributed by atoms with van der Waals surface area (Å²) >= 11 is 1.44. The van der Waals surface area contributed by atoms with Crippen molar-refractivity contribution < 1.29 is 9.59 Å². The van der Waals surface area contributed by atoms with Crippen molar-refractivity contribution in [1.82, 2.24) is 19.4 Å². The van der Waals surface area contributed by atoms with Gasteiger partial charge in [-0.15, -0.1) is 11.3 Å². The van der Waals surface area contributed by atoms with Crippen LogP contribution < -0.4 is 5.56 Å². The Balaban J connectivity index is 1.29. The molecule has 4 rings (SSSR count). The van der Waals surface area contributed by atoms with Gasteiger partial charge in [-0.05, 0) is 36.4 Å². The number of hydrogen-bond donors (Lipinski definition) is 0. The maximum absolute atomic E-state index is 12.6. The number of hydrogen-bond acceptors (Lipinski definition) is 5. The van der Waals surface area contributed by atoms with Gasteiger partial charge in [0.25, 0.3) is 11.5 Å². The Morgan fingerprint density at radius 1 is 1.07 bits per heavy atom. The molecule has 1 aliphatic rings. The van der Waals surface area contributed by atoms with Gasteiger partial charge in [-0.1, -0.05) is 18.2 Å². The molecule has 156 valence electrons. The van der Waals surface area contributed by atoms with Crippen LogP contribution >= 0.6 is 11.3 Å². The van der Waals surface area contributed by atoms with Gasteiger partial charge in [-0.25, -0.2) is 4.98 Å². The van der Waals surface area contributed by atoms with E-state index in [1.807, 2.05) is 41.5 Å². The Kier molecular flexibility index (Phi) is 5.94. The minimum Gasteiger partial charge on any atom is -0.339 e. The zero-order valence-electron chi connectivity index (χ0n) is 16.9. The molecule has 0 aliphatic carbocycles. The van der Waals surface area contributed by atoms with Crippen LogP contribution in [0, 0.1) is 6.92 Å². The minimum absolute atomic E-state index is 0.0375. The van der Waals surface area contributed by atoms with Crippen molar-refractivity contribution in [2.75, 3.05) is 26.2 Å². The van der Waals surface area contributed by atoms with E-state index in [-0.39, 0.29) is 17.4 Å². The average Bonchev–Trinajstić information content (AvgIpc) is 3.30. The second-order valence-electron chi connectivity index (χ2n) is 7.47. The third kappa shape index (κ3) is 4.14. The number of aryl methyl sites for hydroxylation is 2. The largest absolute Gasteiger partial charge is 0.339 e. The van der Waals surface area contributed by atoms with Crippen molar-refractivity contribution in [2.24, 2.45) is 0 Å². The normalized spacial score (nSPS) is 14.3. The summed E-state index contributed by atoms with van der Waals surface area (Å²) in [6.07, 6.45) is 2.51. The summed E-state index contributed by atoms with van der Waals surface area (Å²) in [6, 6.07) is 9.28. The number of piperazine rings is 1. The molecule has 3 aromatic rings. The Labute approximate surface area is 178 Å². The Morgan fingerprint density at radius 2 is 1.83 bits per heavy atom. The van der Waals surface area contributed by atoms with Crippen LogP contribution in [0.5, 0.6) is 0 Å². The van der Waals surface area contributed by atoms with Crippen molar-refractivity contribution in [3.63, 3.8) is 0 Å². The van der Waals surface area contributed by atoms with E-state index in [0.29, 0.717) is 51.0 Å². The molecular weight excluding hydrogens is 400 g/mol. The number of amides is 2. The third-order valence-electron chi connectivity index (χ3n) is 5.50. The molecule has 1 fully saturated rings. The van der Waals surface area contributed by atoms with E-state index in [1.54, 1.807) is 21.9 Å². The fraction of sp³-hybridized carbons (Fsp3) is 0.364. The van der Waals surface area contributed by atoms with Gasteiger partial charge in [0.05, 0.1) is 22.1 Å². The van der Waals surface area contributed by atoms with E-state index in [1.165, 1.54) is 11.3 Å². The lowest BCUT2D eigenvalue weighted by atomic mass is 10.1. The number of thiophene rings is 1. The predicted molar refractivity (Wildman–Crippen MR) is 117 cm³/mol. The standard InChI is InChI=1S/C22H24N4O3S/c1-16-5-2-6-17-20(16)23-15-26(21(17)28)9-3-8-19(27)24-10-12-25(13-11-24)22(29)18-7-4-14-30-18/h2,4-7,14-15H,3,8-13H2,1H3. The molecule has 30 heavy (non-hydrogen) atoms. The quantitative estimate of drug-likeness (QED) is 0.631.